The summed E-state index contributed by atoms with van der Waals surface area (Å²) in [5, 5.41) is 4.24. The highest BCUT2D eigenvalue weighted by Crippen LogP contribution is 2.25. The zero-order valence-corrected chi connectivity index (χ0v) is 16.9. The molecule has 0 saturated carbocycles. The van der Waals surface area contributed by atoms with Gasteiger partial charge in [-0.05, 0) is 58.2 Å². The van der Waals surface area contributed by atoms with Crippen molar-refractivity contribution in [2.24, 2.45) is 0 Å². The lowest BCUT2D eigenvalue weighted by Gasteiger charge is -2.28. The molecule has 1 aliphatic rings. The molecule has 2 aromatic rings. The highest BCUT2D eigenvalue weighted by atomic mass is 32.1. The molecule has 1 aromatic carbocycles. The number of nitrogens with zero attached hydrogens (tertiary/aromatic N) is 2. The standard InChI is InChI=1S/C21H29N3OS/c1-4-7-19-23-16(3)20(26-19)21(25)22-14-18(24-12-5-6-13-24)17-10-8-15(2)9-11-17/h8-11,18H,4-7,12-14H2,1-3H3,(H,22,25). The molecule has 1 aliphatic heterocycles. The van der Waals surface area contributed by atoms with Crippen molar-refractivity contribution < 1.29 is 4.79 Å². The van der Waals surface area contributed by atoms with Crippen LogP contribution in [0.1, 0.15) is 63.7 Å². The Labute approximate surface area is 160 Å². The Hall–Kier alpha value is -1.72. The Morgan fingerprint density at radius 2 is 1.92 bits per heavy atom. The number of thiazole rings is 1. The summed E-state index contributed by atoms with van der Waals surface area (Å²) in [6.07, 6.45) is 4.48. The molecule has 1 N–H and O–H groups in total. The predicted molar refractivity (Wildman–Crippen MR) is 108 cm³/mol. The maximum Gasteiger partial charge on any atom is 0.263 e. The van der Waals surface area contributed by atoms with Gasteiger partial charge in [-0.25, -0.2) is 4.98 Å². The van der Waals surface area contributed by atoms with Crippen molar-refractivity contribution in [2.45, 2.75) is 52.5 Å². The molecule has 1 atom stereocenters. The minimum Gasteiger partial charge on any atom is -0.349 e. The van der Waals surface area contributed by atoms with Crippen molar-refractivity contribution in [3.05, 3.63) is 51.0 Å². The Kier molecular flexibility index (Phi) is 6.43. The first kappa shape index (κ1) is 19.1. The van der Waals surface area contributed by atoms with Crippen molar-refractivity contribution in [1.82, 2.24) is 15.2 Å². The molecular formula is C21H29N3OS. The Bertz CT molecular complexity index is 732. The van der Waals surface area contributed by atoms with Crippen molar-refractivity contribution in [1.29, 1.82) is 0 Å². The molecule has 140 valence electrons. The fourth-order valence-corrected chi connectivity index (χ4v) is 4.64. The van der Waals surface area contributed by atoms with Crippen LogP contribution in [0.3, 0.4) is 0 Å². The van der Waals surface area contributed by atoms with Crippen LogP contribution in [0.5, 0.6) is 0 Å². The SMILES string of the molecule is CCCc1nc(C)c(C(=O)NCC(c2ccc(C)cc2)N2CCCC2)s1. The van der Waals surface area contributed by atoms with E-state index in [4.69, 9.17) is 0 Å². The van der Waals surface area contributed by atoms with Gasteiger partial charge in [0, 0.05) is 6.54 Å². The molecule has 1 saturated heterocycles. The molecule has 4 nitrogen and oxygen atoms in total. The molecule has 0 radical (unpaired) electrons. The van der Waals surface area contributed by atoms with Crippen molar-refractivity contribution >= 4 is 17.2 Å². The molecule has 1 unspecified atom stereocenters. The summed E-state index contributed by atoms with van der Waals surface area (Å²) in [4.78, 5) is 20.5. The number of hydrogen-bond acceptors (Lipinski definition) is 4. The second-order valence-electron chi connectivity index (χ2n) is 7.15. The van der Waals surface area contributed by atoms with Gasteiger partial charge in [-0.15, -0.1) is 11.3 Å². The normalized spacial score (nSPS) is 16.0. The number of likely N-dealkylation sites (tertiary alicyclic amines) is 1. The van der Waals surface area contributed by atoms with Gasteiger partial charge in [0.1, 0.15) is 4.88 Å². The second-order valence-corrected chi connectivity index (χ2v) is 8.24. The summed E-state index contributed by atoms with van der Waals surface area (Å²) in [6.45, 7) is 9.03. The van der Waals surface area contributed by atoms with E-state index >= 15 is 0 Å². The first-order chi connectivity index (χ1) is 12.6. The highest BCUT2D eigenvalue weighted by molar-refractivity contribution is 7.13. The van der Waals surface area contributed by atoms with Gasteiger partial charge in [0.25, 0.3) is 5.91 Å². The van der Waals surface area contributed by atoms with Crippen LogP contribution in [0.25, 0.3) is 0 Å². The fourth-order valence-electron chi connectivity index (χ4n) is 3.55. The third kappa shape index (κ3) is 4.51. The summed E-state index contributed by atoms with van der Waals surface area (Å²) in [5.41, 5.74) is 3.40. The summed E-state index contributed by atoms with van der Waals surface area (Å²) in [6, 6.07) is 8.95. The van der Waals surface area contributed by atoms with Gasteiger partial charge < -0.3 is 5.32 Å². The van der Waals surface area contributed by atoms with Gasteiger partial charge in [-0.1, -0.05) is 36.8 Å². The Balaban J connectivity index is 1.71. The smallest absolute Gasteiger partial charge is 0.263 e. The first-order valence-corrected chi connectivity index (χ1v) is 10.4. The summed E-state index contributed by atoms with van der Waals surface area (Å²) >= 11 is 1.54. The van der Waals surface area contributed by atoms with Crippen LogP contribution in [-0.2, 0) is 6.42 Å². The minimum absolute atomic E-state index is 0.0126. The first-order valence-electron chi connectivity index (χ1n) is 9.63. The molecule has 1 fully saturated rings. The maximum absolute atomic E-state index is 12.7. The molecular weight excluding hydrogens is 342 g/mol. The summed E-state index contributed by atoms with van der Waals surface area (Å²) < 4.78 is 0. The molecule has 26 heavy (non-hydrogen) atoms. The molecule has 0 aliphatic carbocycles. The topological polar surface area (TPSA) is 45.2 Å². The number of nitrogens with one attached hydrogen (secondary N) is 1. The van der Waals surface area contributed by atoms with Gasteiger partial charge in [-0.2, -0.15) is 0 Å². The van der Waals surface area contributed by atoms with Crippen molar-refractivity contribution in [2.75, 3.05) is 19.6 Å². The van der Waals surface area contributed by atoms with E-state index in [1.807, 2.05) is 6.92 Å². The number of carbonyl (C=O) groups is 1. The Morgan fingerprint density at radius 3 is 2.58 bits per heavy atom. The lowest BCUT2D eigenvalue weighted by molar-refractivity contribution is 0.0941. The van der Waals surface area contributed by atoms with Gasteiger partial charge in [0.05, 0.1) is 16.7 Å². The Morgan fingerprint density at radius 1 is 1.23 bits per heavy atom. The average molecular weight is 372 g/mol. The van der Waals surface area contributed by atoms with E-state index in [9.17, 15) is 4.79 Å². The third-order valence-electron chi connectivity index (χ3n) is 5.01. The number of aryl methyl sites for hydroxylation is 3. The second kappa shape index (κ2) is 8.78. The number of carbonyl (C=O) groups excluding carboxylic acids is 1. The average Bonchev–Trinajstić information content (AvgIpc) is 3.27. The minimum atomic E-state index is 0.0126. The van der Waals surface area contributed by atoms with Crippen LogP contribution in [0, 0.1) is 13.8 Å². The van der Waals surface area contributed by atoms with Gasteiger partial charge in [0.15, 0.2) is 0 Å². The van der Waals surface area contributed by atoms with Gasteiger partial charge in [-0.3, -0.25) is 9.69 Å². The summed E-state index contributed by atoms with van der Waals surface area (Å²) in [7, 11) is 0. The van der Waals surface area contributed by atoms with Crippen molar-refractivity contribution in [3.8, 4) is 0 Å². The summed E-state index contributed by atoms with van der Waals surface area (Å²) in [5.74, 6) is 0.0126. The fraction of sp³-hybridized carbons (Fsp3) is 0.524. The van der Waals surface area contributed by atoms with E-state index in [-0.39, 0.29) is 11.9 Å². The van der Waals surface area contributed by atoms with Crippen LogP contribution < -0.4 is 5.32 Å². The lowest BCUT2D eigenvalue weighted by Crippen LogP contribution is -2.36. The van der Waals surface area contributed by atoms with Crippen LogP contribution >= 0.6 is 11.3 Å². The highest BCUT2D eigenvalue weighted by Gasteiger charge is 2.25. The van der Waals surface area contributed by atoms with E-state index in [1.54, 1.807) is 0 Å². The maximum atomic E-state index is 12.7. The number of aromatic nitrogens is 1. The lowest BCUT2D eigenvalue weighted by atomic mass is 10.0. The monoisotopic (exact) mass is 371 g/mol. The van der Waals surface area contributed by atoms with E-state index in [2.05, 4.69) is 53.3 Å². The number of rotatable bonds is 7. The molecule has 2 heterocycles. The number of amides is 1. The zero-order valence-electron chi connectivity index (χ0n) is 16.0. The van der Waals surface area contributed by atoms with E-state index in [0.717, 1.165) is 41.5 Å². The quantitative estimate of drug-likeness (QED) is 0.790. The molecule has 5 heteroatoms. The van der Waals surface area contributed by atoms with Crippen LogP contribution in [0.4, 0.5) is 0 Å². The van der Waals surface area contributed by atoms with Crippen LogP contribution in [0.2, 0.25) is 0 Å². The van der Waals surface area contributed by atoms with Crippen LogP contribution in [-0.4, -0.2) is 35.4 Å². The van der Waals surface area contributed by atoms with E-state index in [0.29, 0.717) is 6.54 Å². The largest absolute Gasteiger partial charge is 0.349 e. The van der Waals surface area contributed by atoms with Gasteiger partial charge >= 0.3 is 0 Å². The van der Waals surface area contributed by atoms with E-state index in [1.165, 1.54) is 35.3 Å². The number of benzene rings is 1. The molecule has 0 bridgehead atoms. The van der Waals surface area contributed by atoms with Crippen molar-refractivity contribution in [3.63, 3.8) is 0 Å². The molecule has 3 rings (SSSR count). The molecule has 0 spiro atoms. The molecule has 1 amide bonds. The van der Waals surface area contributed by atoms with Crippen LogP contribution in [0.15, 0.2) is 24.3 Å². The third-order valence-corrected chi connectivity index (χ3v) is 6.23. The van der Waals surface area contributed by atoms with E-state index < -0.39 is 0 Å². The predicted octanol–water partition coefficient (Wildman–Crippen LogP) is 4.28. The zero-order chi connectivity index (χ0) is 18.5. The van der Waals surface area contributed by atoms with Gasteiger partial charge in [0.2, 0.25) is 0 Å². The molecule has 1 aromatic heterocycles. The number of hydrogen-bond donors (Lipinski definition) is 1.